The van der Waals surface area contributed by atoms with Crippen molar-refractivity contribution in [3.8, 4) is 0 Å². The highest BCUT2D eigenvalue weighted by Gasteiger charge is 2.03. The fourth-order valence-electron chi connectivity index (χ4n) is 2.50. The second-order valence-corrected chi connectivity index (χ2v) is 4.96. The molecule has 0 bridgehead atoms. The van der Waals surface area contributed by atoms with Gasteiger partial charge in [-0.2, -0.15) is 0 Å². The first-order chi connectivity index (χ1) is 9.74. The SMILES string of the molecule is Cc1cn(CCNc2ccc(F)cc2)c2ccccc12. The molecule has 3 heteroatoms. The second-order valence-electron chi connectivity index (χ2n) is 4.96. The Labute approximate surface area is 117 Å². The van der Waals surface area contributed by atoms with Gasteiger partial charge in [0.1, 0.15) is 5.82 Å². The van der Waals surface area contributed by atoms with Crippen molar-refractivity contribution in [3.63, 3.8) is 0 Å². The van der Waals surface area contributed by atoms with Crippen molar-refractivity contribution in [2.24, 2.45) is 0 Å². The summed E-state index contributed by atoms with van der Waals surface area (Å²) in [6, 6.07) is 14.9. The standard InChI is InChI=1S/C17H17FN2/c1-13-12-20(17-5-3-2-4-16(13)17)11-10-19-15-8-6-14(18)7-9-15/h2-9,12,19H,10-11H2,1H3. The Morgan fingerprint density at radius 1 is 1.05 bits per heavy atom. The van der Waals surface area contributed by atoms with E-state index in [4.69, 9.17) is 0 Å². The average molecular weight is 268 g/mol. The van der Waals surface area contributed by atoms with Crippen LogP contribution in [0.2, 0.25) is 0 Å². The molecule has 0 aliphatic heterocycles. The van der Waals surface area contributed by atoms with Crippen molar-refractivity contribution in [1.29, 1.82) is 0 Å². The van der Waals surface area contributed by atoms with Gasteiger partial charge in [0.2, 0.25) is 0 Å². The third-order valence-electron chi connectivity index (χ3n) is 3.51. The summed E-state index contributed by atoms with van der Waals surface area (Å²) in [4.78, 5) is 0. The number of aromatic nitrogens is 1. The summed E-state index contributed by atoms with van der Waals surface area (Å²) in [5.41, 5.74) is 3.49. The molecule has 0 radical (unpaired) electrons. The Bertz CT molecular complexity index is 713. The first-order valence-electron chi connectivity index (χ1n) is 6.78. The molecular weight excluding hydrogens is 251 g/mol. The van der Waals surface area contributed by atoms with Crippen LogP contribution in [0.15, 0.2) is 54.7 Å². The van der Waals surface area contributed by atoms with Gasteiger partial charge in [0.15, 0.2) is 0 Å². The minimum Gasteiger partial charge on any atom is -0.383 e. The lowest BCUT2D eigenvalue weighted by Gasteiger charge is -2.08. The Morgan fingerprint density at radius 3 is 2.60 bits per heavy atom. The van der Waals surface area contributed by atoms with Crippen molar-refractivity contribution >= 4 is 16.6 Å². The van der Waals surface area contributed by atoms with Gasteiger partial charge in [0.05, 0.1) is 0 Å². The average Bonchev–Trinajstić information content (AvgIpc) is 2.79. The van der Waals surface area contributed by atoms with Gasteiger partial charge in [-0.15, -0.1) is 0 Å². The lowest BCUT2D eigenvalue weighted by molar-refractivity contribution is 0.628. The predicted octanol–water partition coefficient (Wildman–Crippen LogP) is 4.20. The molecule has 2 nitrogen and oxygen atoms in total. The molecule has 20 heavy (non-hydrogen) atoms. The highest BCUT2D eigenvalue weighted by Crippen LogP contribution is 2.20. The molecule has 0 atom stereocenters. The zero-order chi connectivity index (χ0) is 13.9. The molecule has 1 aromatic heterocycles. The van der Waals surface area contributed by atoms with E-state index in [1.807, 2.05) is 0 Å². The molecule has 0 aliphatic rings. The number of nitrogens with zero attached hydrogens (tertiary/aromatic N) is 1. The summed E-state index contributed by atoms with van der Waals surface area (Å²) >= 11 is 0. The molecule has 1 N–H and O–H groups in total. The zero-order valence-electron chi connectivity index (χ0n) is 11.4. The van der Waals surface area contributed by atoms with Crippen LogP contribution in [0.3, 0.4) is 0 Å². The molecule has 1 heterocycles. The lowest BCUT2D eigenvalue weighted by atomic mass is 10.2. The molecule has 0 unspecified atom stereocenters. The van der Waals surface area contributed by atoms with Crippen LogP contribution in [0.4, 0.5) is 10.1 Å². The number of hydrogen-bond donors (Lipinski definition) is 1. The van der Waals surface area contributed by atoms with Gasteiger partial charge in [-0.05, 0) is 42.8 Å². The van der Waals surface area contributed by atoms with E-state index in [0.29, 0.717) is 0 Å². The van der Waals surface area contributed by atoms with Gasteiger partial charge in [-0.25, -0.2) is 4.39 Å². The molecule has 2 aromatic carbocycles. The first kappa shape index (κ1) is 12.7. The van der Waals surface area contributed by atoms with E-state index in [-0.39, 0.29) is 5.82 Å². The Kier molecular flexibility index (Phi) is 3.42. The normalized spacial score (nSPS) is 10.9. The number of fused-ring (bicyclic) bond motifs is 1. The van der Waals surface area contributed by atoms with E-state index in [1.165, 1.54) is 28.6 Å². The highest BCUT2D eigenvalue weighted by molar-refractivity contribution is 5.83. The number of nitrogens with one attached hydrogen (secondary N) is 1. The number of hydrogen-bond acceptors (Lipinski definition) is 1. The summed E-state index contributed by atoms with van der Waals surface area (Å²) in [5.74, 6) is -0.206. The van der Waals surface area contributed by atoms with Gasteiger partial charge < -0.3 is 9.88 Å². The maximum atomic E-state index is 12.8. The highest BCUT2D eigenvalue weighted by atomic mass is 19.1. The molecule has 0 amide bonds. The Balaban J connectivity index is 1.70. The first-order valence-corrected chi connectivity index (χ1v) is 6.78. The minimum absolute atomic E-state index is 0.206. The molecule has 0 saturated heterocycles. The van der Waals surface area contributed by atoms with Crippen molar-refractivity contribution in [2.45, 2.75) is 13.5 Å². The number of halogens is 1. The summed E-state index contributed by atoms with van der Waals surface area (Å²) in [5, 5.41) is 4.61. The van der Waals surface area contributed by atoms with E-state index >= 15 is 0 Å². The van der Waals surface area contributed by atoms with Crippen LogP contribution in [-0.2, 0) is 6.54 Å². The van der Waals surface area contributed by atoms with Crippen LogP contribution < -0.4 is 5.32 Å². The van der Waals surface area contributed by atoms with Crippen molar-refractivity contribution in [2.75, 3.05) is 11.9 Å². The Hall–Kier alpha value is -2.29. The fraction of sp³-hybridized carbons (Fsp3) is 0.176. The van der Waals surface area contributed by atoms with Crippen molar-refractivity contribution < 1.29 is 4.39 Å². The van der Waals surface area contributed by atoms with E-state index in [1.54, 1.807) is 12.1 Å². The molecule has 3 rings (SSSR count). The van der Waals surface area contributed by atoms with Crippen molar-refractivity contribution in [3.05, 3.63) is 66.1 Å². The third-order valence-corrected chi connectivity index (χ3v) is 3.51. The maximum Gasteiger partial charge on any atom is 0.123 e. The summed E-state index contributed by atoms with van der Waals surface area (Å²) < 4.78 is 15.1. The predicted molar refractivity (Wildman–Crippen MR) is 81.6 cm³/mol. The number of anilines is 1. The maximum absolute atomic E-state index is 12.8. The quantitative estimate of drug-likeness (QED) is 0.750. The van der Waals surface area contributed by atoms with Crippen LogP contribution in [-0.4, -0.2) is 11.1 Å². The largest absolute Gasteiger partial charge is 0.383 e. The topological polar surface area (TPSA) is 17.0 Å². The summed E-state index contributed by atoms with van der Waals surface area (Å²) in [6.45, 7) is 3.82. The number of rotatable bonds is 4. The lowest BCUT2D eigenvalue weighted by Crippen LogP contribution is -2.09. The van der Waals surface area contributed by atoms with Gasteiger partial charge >= 0.3 is 0 Å². The number of para-hydroxylation sites is 1. The minimum atomic E-state index is -0.206. The van der Waals surface area contributed by atoms with Crippen molar-refractivity contribution in [1.82, 2.24) is 4.57 Å². The number of aryl methyl sites for hydroxylation is 1. The van der Waals surface area contributed by atoms with E-state index in [0.717, 1.165) is 18.8 Å². The summed E-state index contributed by atoms with van der Waals surface area (Å²) in [7, 11) is 0. The van der Waals surface area contributed by atoms with Gasteiger partial charge in [0, 0.05) is 35.9 Å². The molecular formula is C17H17FN2. The van der Waals surface area contributed by atoms with Crippen LogP contribution in [0.5, 0.6) is 0 Å². The van der Waals surface area contributed by atoms with E-state index in [2.05, 4.69) is 47.3 Å². The molecule has 0 saturated carbocycles. The summed E-state index contributed by atoms with van der Waals surface area (Å²) in [6.07, 6.45) is 2.18. The fourth-order valence-corrected chi connectivity index (χ4v) is 2.50. The molecule has 102 valence electrons. The smallest absolute Gasteiger partial charge is 0.123 e. The molecule has 0 aliphatic carbocycles. The third kappa shape index (κ3) is 2.52. The van der Waals surface area contributed by atoms with Crippen LogP contribution >= 0.6 is 0 Å². The van der Waals surface area contributed by atoms with E-state index in [9.17, 15) is 4.39 Å². The van der Waals surface area contributed by atoms with Gasteiger partial charge in [-0.3, -0.25) is 0 Å². The van der Waals surface area contributed by atoms with E-state index < -0.39 is 0 Å². The van der Waals surface area contributed by atoms with Gasteiger partial charge in [-0.1, -0.05) is 18.2 Å². The Morgan fingerprint density at radius 2 is 1.80 bits per heavy atom. The molecule has 3 aromatic rings. The monoisotopic (exact) mass is 268 g/mol. The molecule has 0 fully saturated rings. The zero-order valence-corrected chi connectivity index (χ0v) is 11.4. The van der Waals surface area contributed by atoms with Crippen LogP contribution in [0, 0.1) is 12.7 Å². The second kappa shape index (κ2) is 5.37. The number of benzene rings is 2. The molecule has 0 spiro atoms. The van der Waals surface area contributed by atoms with Crippen LogP contribution in [0.1, 0.15) is 5.56 Å². The van der Waals surface area contributed by atoms with Gasteiger partial charge in [0.25, 0.3) is 0 Å². The van der Waals surface area contributed by atoms with Crippen LogP contribution in [0.25, 0.3) is 10.9 Å².